The Balaban J connectivity index is 2.03. The second-order valence-corrected chi connectivity index (χ2v) is 12.2. The van der Waals surface area contributed by atoms with Gasteiger partial charge in [0.2, 0.25) is 0 Å². The topological polar surface area (TPSA) is 153 Å². The van der Waals surface area contributed by atoms with Crippen molar-refractivity contribution in [3.63, 3.8) is 0 Å². The van der Waals surface area contributed by atoms with E-state index in [0.717, 1.165) is 40.7 Å². The van der Waals surface area contributed by atoms with E-state index >= 15 is 0 Å². The maximum Gasteiger partial charge on any atom is 0.379 e. The number of hydrogen-bond donors (Lipinski definition) is 2. The number of ether oxygens (including phenoxy) is 3. The van der Waals surface area contributed by atoms with Crippen LogP contribution in [-0.4, -0.2) is 65.0 Å². The Kier molecular flexibility index (Phi) is 8.88. The van der Waals surface area contributed by atoms with Gasteiger partial charge in [-0.15, -0.1) is 0 Å². The number of rotatable bonds is 6. The standard InChI is InChI=1S/C35H40N4O7/c1-15-17(3)24-13-26-19(5)21(10-11-28(40)44-7)31(38-26)30(33(41)35(43)46-9)32-29(34(42)45-8)20(6)27(39-32)14-25-18(4)16(2)23(37-25)12-22(15)36-24/h12-14,16,18-19,21,36,39H,10-11H2,1-9H3. The van der Waals surface area contributed by atoms with Gasteiger partial charge in [0.15, 0.2) is 0 Å². The fourth-order valence-electron chi connectivity index (χ4n) is 6.45. The molecule has 46 heavy (non-hydrogen) atoms. The number of Topliss-reactive ketones (excluding diaryl/α,β-unsaturated/α-hetero) is 1. The molecule has 3 aromatic heterocycles. The van der Waals surface area contributed by atoms with Crippen molar-refractivity contribution in [3.05, 3.63) is 68.8 Å². The summed E-state index contributed by atoms with van der Waals surface area (Å²) in [5.74, 6) is -3.79. The number of hydrogen-bond acceptors (Lipinski definition) is 9. The lowest BCUT2D eigenvalue weighted by Crippen LogP contribution is -2.20. The van der Waals surface area contributed by atoms with E-state index in [-0.39, 0.29) is 52.9 Å². The molecule has 4 unspecified atom stereocenters. The third kappa shape index (κ3) is 5.48. The summed E-state index contributed by atoms with van der Waals surface area (Å²) in [5.41, 5.74) is 7.67. The molecule has 4 atom stereocenters. The van der Waals surface area contributed by atoms with E-state index in [1.165, 1.54) is 14.2 Å². The minimum Gasteiger partial charge on any atom is -0.469 e. The quantitative estimate of drug-likeness (QED) is 0.142. The van der Waals surface area contributed by atoms with Crippen LogP contribution in [0.3, 0.4) is 0 Å². The van der Waals surface area contributed by atoms with Crippen LogP contribution in [0.25, 0.3) is 22.1 Å². The normalized spacial score (nSPS) is 19.1. The maximum atomic E-state index is 14.0. The zero-order valence-electron chi connectivity index (χ0n) is 27.7. The van der Waals surface area contributed by atoms with Crippen LogP contribution >= 0.6 is 0 Å². The molecule has 0 radical (unpaired) electrons. The van der Waals surface area contributed by atoms with Crippen molar-refractivity contribution in [2.75, 3.05) is 21.3 Å². The van der Waals surface area contributed by atoms with Gasteiger partial charge in [-0.1, -0.05) is 20.8 Å². The molecular weight excluding hydrogens is 588 g/mol. The molecule has 0 aromatic carbocycles. The summed E-state index contributed by atoms with van der Waals surface area (Å²) in [6, 6.07) is 5.89. The number of nitrogens with one attached hydrogen (secondary N) is 2. The molecule has 8 bridgehead atoms. The van der Waals surface area contributed by atoms with Crippen molar-refractivity contribution in [2.24, 2.45) is 0 Å². The fourth-order valence-corrected chi connectivity index (χ4v) is 6.45. The van der Waals surface area contributed by atoms with Crippen LogP contribution in [0, 0.1) is 20.8 Å². The molecule has 11 nitrogen and oxygen atoms in total. The molecule has 242 valence electrons. The van der Waals surface area contributed by atoms with E-state index < -0.39 is 29.6 Å². The molecule has 0 saturated heterocycles. The first kappa shape index (κ1) is 32.6. The van der Waals surface area contributed by atoms with Crippen molar-refractivity contribution in [3.8, 4) is 0 Å². The van der Waals surface area contributed by atoms with Gasteiger partial charge in [0.25, 0.3) is 5.78 Å². The van der Waals surface area contributed by atoms with Gasteiger partial charge in [-0.2, -0.15) is 0 Å². The van der Waals surface area contributed by atoms with E-state index in [4.69, 9.17) is 24.2 Å². The van der Waals surface area contributed by atoms with Gasteiger partial charge in [-0.25, -0.2) is 9.59 Å². The smallest absolute Gasteiger partial charge is 0.379 e. The molecule has 5 rings (SSSR count). The summed E-state index contributed by atoms with van der Waals surface area (Å²) in [5, 5.41) is 0. The van der Waals surface area contributed by atoms with Crippen LogP contribution in [-0.2, 0) is 23.8 Å². The first-order chi connectivity index (χ1) is 21.8. The Morgan fingerprint density at radius 3 is 1.76 bits per heavy atom. The van der Waals surface area contributed by atoms with Crippen LogP contribution in [0.4, 0.5) is 0 Å². The van der Waals surface area contributed by atoms with E-state index in [2.05, 4.69) is 36.8 Å². The fraction of sp³-hybridized carbons (Fsp3) is 0.429. The highest BCUT2D eigenvalue weighted by Gasteiger charge is 2.37. The lowest BCUT2D eigenvalue weighted by molar-refractivity contribution is -0.140. The minimum absolute atomic E-state index is 0.0525. The molecule has 3 aromatic rings. The molecule has 2 aliphatic heterocycles. The van der Waals surface area contributed by atoms with E-state index in [1.807, 2.05) is 26.0 Å². The van der Waals surface area contributed by atoms with Crippen LogP contribution in [0.2, 0.25) is 0 Å². The Morgan fingerprint density at radius 1 is 0.696 bits per heavy atom. The largest absolute Gasteiger partial charge is 0.469 e. The number of esters is 3. The number of methoxy groups -OCH3 is 3. The van der Waals surface area contributed by atoms with Crippen LogP contribution in [0.15, 0.2) is 18.2 Å². The minimum atomic E-state index is -1.12. The van der Waals surface area contributed by atoms with E-state index in [1.54, 1.807) is 6.92 Å². The zero-order chi connectivity index (χ0) is 33.6. The Hall–Kier alpha value is -4.80. The molecular formula is C35H40N4O7. The molecule has 0 saturated carbocycles. The first-order valence-electron chi connectivity index (χ1n) is 15.3. The molecule has 0 aliphatic carbocycles. The zero-order valence-corrected chi connectivity index (χ0v) is 27.7. The molecule has 0 amide bonds. The molecule has 0 fully saturated rings. The molecule has 2 N–H and O–H groups in total. The number of carbonyl (C=O) groups excluding carboxylic acids is 4. The Bertz CT molecular complexity index is 1940. The summed E-state index contributed by atoms with van der Waals surface area (Å²) in [4.78, 5) is 69.4. The molecule has 0 spiro atoms. The predicted octanol–water partition coefficient (Wildman–Crippen LogP) is 6.13. The van der Waals surface area contributed by atoms with Crippen molar-refractivity contribution in [2.45, 2.75) is 78.1 Å². The third-order valence-electron chi connectivity index (χ3n) is 9.80. The highest BCUT2D eigenvalue weighted by atomic mass is 16.5. The van der Waals surface area contributed by atoms with Gasteiger partial charge in [0.1, 0.15) is 0 Å². The number of aromatic nitrogens is 4. The van der Waals surface area contributed by atoms with Crippen LogP contribution in [0.5, 0.6) is 0 Å². The van der Waals surface area contributed by atoms with Gasteiger partial charge in [-0.05, 0) is 62.1 Å². The highest BCUT2D eigenvalue weighted by Crippen LogP contribution is 2.43. The van der Waals surface area contributed by atoms with Gasteiger partial charge >= 0.3 is 17.9 Å². The predicted molar refractivity (Wildman–Crippen MR) is 172 cm³/mol. The highest BCUT2D eigenvalue weighted by molar-refractivity contribution is 6.43. The molecule has 11 heteroatoms. The van der Waals surface area contributed by atoms with Crippen molar-refractivity contribution < 1.29 is 33.4 Å². The summed E-state index contributed by atoms with van der Waals surface area (Å²) < 4.78 is 15.0. The van der Waals surface area contributed by atoms with Crippen molar-refractivity contribution in [1.82, 2.24) is 19.9 Å². The van der Waals surface area contributed by atoms with Gasteiger partial charge < -0.3 is 24.2 Å². The number of nitrogens with zero attached hydrogens (tertiary/aromatic N) is 2. The number of aryl methyl sites for hydroxylation is 3. The average molecular weight is 629 g/mol. The Labute approximate surface area is 267 Å². The lowest BCUT2D eigenvalue weighted by Gasteiger charge is -2.17. The second-order valence-electron chi connectivity index (χ2n) is 12.2. The van der Waals surface area contributed by atoms with Crippen molar-refractivity contribution >= 4 is 45.8 Å². The SMILES string of the molecule is COC(=O)CCC1c2nc(cc3[nH]c(cc4nc(cc5[nH]c(c2C(=O)C(=O)OC)c(C(=O)OC)c5C)C(C)C4C)c(C)c3C)C1C. The number of carbonyl (C=O) groups is 4. The first-order valence-corrected chi connectivity index (χ1v) is 15.3. The Morgan fingerprint density at radius 2 is 1.24 bits per heavy atom. The monoisotopic (exact) mass is 628 g/mol. The van der Waals surface area contributed by atoms with Crippen molar-refractivity contribution in [1.29, 1.82) is 0 Å². The third-order valence-corrected chi connectivity index (χ3v) is 9.80. The maximum absolute atomic E-state index is 14.0. The summed E-state index contributed by atoms with van der Waals surface area (Å²) >= 11 is 0. The van der Waals surface area contributed by atoms with Gasteiger partial charge in [0.05, 0.1) is 43.7 Å². The average Bonchev–Trinajstić information content (AvgIpc) is 3.70. The number of aromatic amines is 2. The summed E-state index contributed by atoms with van der Waals surface area (Å²) in [6.45, 7) is 12.0. The number of fused-ring (bicyclic) bond motifs is 8. The van der Waals surface area contributed by atoms with Gasteiger partial charge in [-0.3, -0.25) is 19.6 Å². The number of H-pyrrole nitrogens is 2. The van der Waals surface area contributed by atoms with Gasteiger partial charge in [0, 0.05) is 63.7 Å². The summed E-state index contributed by atoms with van der Waals surface area (Å²) in [6.07, 6.45) is 0.332. The molecule has 2 aliphatic rings. The van der Waals surface area contributed by atoms with E-state index in [9.17, 15) is 19.2 Å². The van der Waals surface area contributed by atoms with Crippen LogP contribution < -0.4 is 0 Å². The second kappa shape index (κ2) is 12.5. The molecule has 5 heterocycles. The van der Waals surface area contributed by atoms with E-state index in [0.29, 0.717) is 16.8 Å². The number of ketones is 1. The lowest BCUT2D eigenvalue weighted by atomic mass is 9.84. The van der Waals surface area contributed by atoms with Crippen LogP contribution in [0.1, 0.15) is 117 Å². The summed E-state index contributed by atoms with van der Waals surface area (Å²) in [7, 11) is 3.69.